The van der Waals surface area contributed by atoms with Gasteiger partial charge in [0.15, 0.2) is 0 Å². The summed E-state index contributed by atoms with van der Waals surface area (Å²) in [6.07, 6.45) is 1.60. The van der Waals surface area contributed by atoms with Crippen molar-refractivity contribution < 1.29 is 19.5 Å². The van der Waals surface area contributed by atoms with Crippen LogP contribution >= 0.6 is 0 Å². The first-order valence-electron chi connectivity index (χ1n) is 3.74. The number of primary amides is 1. The maximum atomic E-state index is 10.8. The molecule has 0 fully saturated rings. The van der Waals surface area contributed by atoms with Crippen molar-refractivity contribution >= 4 is 17.9 Å². The van der Waals surface area contributed by atoms with E-state index in [0.717, 1.165) is 12.2 Å². The van der Waals surface area contributed by atoms with Crippen LogP contribution in [0.15, 0.2) is 12.2 Å². The highest BCUT2D eigenvalue weighted by Crippen LogP contribution is 1.73. The van der Waals surface area contributed by atoms with Crippen LogP contribution < -0.4 is 16.4 Å². The lowest BCUT2D eigenvalue weighted by atomic mass is 10.4. The summed E-state index contributed by atoms with van der Waals surface area (Å²) in [6, 6.07) is -0.680. The van der Waals surface area contributed by atoms with Crippen molar-refractivity contribution in [2.24, 2.45) is 5.73 Å². The van der Waals surface area contributed by atoms with E-state index in [4.69, 9.17) is 10.8 Å². The Kier molecular flexibility index (Phi) is 5.52. The van der Waals surface area contributed by atoms with Gasteiger partial charge in [0.05, 0.1) is 0 Å². The number of carboxylic acid groups (broad SMARTS) is 1. The van der Waals surface area contributed by atoms with E-state index in [1.807, 2.05) is 0 Å². The van der Waals surface area contributed by atoms with E-state index in [0.29, 0.717) is 0 Å². The fourth-order valence-electron chi connectivity index (χ4n) is 0.577. The van der Waals surface area contributed by atoms with E-state index in [2.05, 4.69) is 10.6 Å². The minimum absolute atomic E-state index is 0.186. The van der Waals surface area contributed by atoms with Crippen LogP contribution in [0.1, 0.15) is 0 Å². The van der Waals surface area contributed by atoms with Crippen molar-refractivity contribution in [3.63, 3.8) is 0 Å². The lowest BCUT2D eigenvalue weighted by Gasteiger charge is -2.01. The molecule has 7 heteroatoms. The molecule has 3 amide bonds. The van der Waals surface area contributed by atoms with Crippen molar-refractivity contribution in [2.75, 3.05) is 13.1 Å². The van der Waals surface area contributed by atoms with Crippen LogP contribution in [0.5, 0.6) is 0 Å². The molecule has 0 heterocycles. The molecule has 0 aromatic rings. The predicted molar refractivity (Wildman–Crippen MR) is 47.4 cm³/mol. The number of carbonyl (C=O) groups is 3. The Morgan fingerprint density at radius 1 is 1.14 bits per heavy atom. The normalized spacial score (nSPS) is 9.71. The lowest BCUT2D eigenvalue weighted by molar-refractivity contribution is -0.131. The molecule has 0 unspecified atom stereocenters. The quantitative estimate of drug-likeness (QED) is 0.316. The van der Waals surface area contributed by atoms with E-state index in [-0.39, 0.29) is 13.1 Å². The number of aliphatic carboxylic acids is 1. The minimum Gasteiger partial charge on any atom is -0.478 e. The molecule has 0 radical (unpaired) electrons. The Labute approximate surface area is 80.0 Å². The van der Waals surface area contributed by atoms with Gasteiger partial charge in [0.25, 0.3) is 0 Å². The third-order valence-electron chi connectivity index (χ3n) is 1.10. The average molecular weight is 201 g/mol. The summed E-state index contributed by atoms with van der Waals surface area (Å²) in [5.74, 6) is -1.74. The number of rotatable bonds is 5. The SMILES string of the molecule is NC(=O)NCCNC(=O)/C=C/C(=O)O. The second-order valence-corrected chi connectivity index (χ2v) is 2.25. The van der Waals surface area contributed by atoms with Gasteiger partial charge >= 0.3 is 12.0 Å². The van der Waals surface area contributed by atoms with Gasteiger partial charge in [0.1, 0.15) is 0 Å². The molecular formula is C7H11N3O4. The Bertz CT molecular complexity index is 262. The van der Waals surface area contributed by atoms with Gasteiger partial charge in [-0.1, -0.05) is 0 Å². The molecule has 0 atom stereocenters. The molecule has 0 aromatic heterocycles. The van der Waals surface area contributed by atoms with E-state index in [9.17, 15) is 14.4 Å². The van der Waals surface area contributed by atoms with Gasteiger partial charge in [0, 0.05) is 25.2 Å². The lowest BCUT2D eigenvalue weighted by Crippen LogP contribution is -2.36. The maximum absolute atomic E-state index is 10.8. The molecule has 14 heavy (non-hydrogen) atoms. The zero-order valence-electron chi connectivity index (χ0n) is 7.32. The van der Waals surface area contributed by atoms with Gasteiger partial charge in [-0.15, -0.1) is 0 Å². The van der Waals surface area contributed by atoms with E-state index in [1.165, 1.54) is 0 Å². The molecule has 0 bridgehead atoms. The van der Waals surface area contributed by atoms with Crippen LogP contribution in [0.4, 0.5) is 4.79 Å². The van der Waals surface area contributed by atoms with Crippen LogP contribution in [0, 0.1) is 0 Å². The zero-order chi connectivity index (χ0) is 11.0. The number of carbonyl (C=O) groups excluding carboxylic acids is 2. The molecule has 7 nitrogen and oxygen atoms in total. The highest BCUT2D eigenvalue weighted by Gasteiger charge is 1.96. The monoisotopic (exact) mass is 201 g/mol. The molecule has 0 spiro atoms. The van der Waals surface area contributed by atoms with Crippen LogP contribution in [0.2, 0.25) is 0 Å². The standard InChI is InChI=1S/C7H11N3O4/c8-7(14)10-4-3-9-5(11)1-2-6(12)13/h1-2H,3-4H2,(H,9,11)(H,12,13)(H3,8,10,14)/b2-1+. The van der Waals surface area contributed by atoms with Crippen LogP contribution in [0.3, 0.4) is 0 Å². The fraction of sp³-hybridized carbons (Fsp3) is 0.286. The smallest absolute Gasteiger partial charge is 0.328 e. The van der Waals surface area contributed by atoms with Crippen molar-refractivity contribution in [1.29, 1.82) is 0 Å². The first-order chi connectivity index (χ1) is 6.52. The van der Waals surface area contributed by atoms with Gasteiger partial charge < -0.3 is 21.5 Å². The van der Waals surface area contributed by atoms with E-state index < -0.39 is 17.9 Å². The fourth-order valence-corrected chi connectivity index (χ4v) is 0.577. The molecule has 0 aliphatic carbocycles. The molecular weight excluding hydrogens is 190 g/mol. The van der Waals surface area contributed by atoms with E-state index in [1.54, 1.807) is 0 Å². The second kappa shape index (κ2) is 6.46. The number of hydrogen-bond acceptors (Lipinski definition) is 3. The van der Waals surface area contributed by atoms with Crippen molar-refractivity contribution in [3.05, 3.63) is 12.2 Å². The third-order valence-corrected chi connectivity index (χ3v) is 1.10. The Hall–Kier alpha value is -2.05. The molecule has 0 saturated carbocycles. The van der Waals surface area contributed by atoms with Gasteiger partial charge in [-0.2, -0.15) is 0 Å². The molecule has 0 aliphatic rings. The Balaban J connectivity index is 3.55. The molecule has 0 rings (SSSR count). The van der Waals surface area contributed by atoms with Crippen LogP contribution in [0.25, 0.3) is 0 Å². The summed E-state index contributed by atoms with van der Waals surface area (Å²) in [5.41, 5.74) is 4.75. The number of urea groups is 1. The van der Waals surface area contributed by atoms with Crippen LogP contribution in [-0.2, 0) is 9.59 Å². The molecule has 78 valence electrons. The van der Waals surface area contributed by atoms with Crippen molar-refractivity contribution in [1.82, 2.24) is 10.6 Å². The minimum atomic E-state index is -1.20. The topological polar surface area (TPSA) is 122 Å². The summed E-state index contributed by atoms with van der Waals surface area (Å²) in [7, 11) is 0. The third kappa shape index (κ3) is 8.05. The van der Waals surface area contributed by atoms with Gasteiger partial charge in [-0.05, 0) is 0 Å². The maximum Gasteiger partial charge on any atom is 0.328 e. The number of nitrogens with one attached hydrogen (secondary N) is 2. The van der Waals surface area contributed by atoms with Gasteiger partial charge in [-0.3, -0.25) is 4.79 Å². The zero-order valence-corrected chi connectivity index (χ0v) is 7.32. The largest absolute Gasteiger partial charge is 0.478 e. The highest BCUT2D eigenvalue weighted by molar-refractivity contribution is 5.93. The summed E-state index contributed by atoms with van der Waals surface area (Å²) in [4.78, 5) is 30.9. The van der Waals surface area contributed by atoms with Crippen molar-refractivity contribution in [2.45, 2.75) is 0 Å². The summed E-state index contributed by atoms with van der Waals surface area (Å²) in [5, 5.41) is 12.7. The first-order valence-corrected chi connectivity index (χ1v) is 3.74. The van der Waals surface area contributed by atoms with Crippen molar-refractivity contribution in [3.8, 4) is 0 Å². The van der Waals surface area contributed by atoms with Gasteiger partial charge in [-0.25, -0.2) is 9.59 Å². The van der Waals surface area contributed by atoms with Gasteiger partial charge in [0.2, 0.25) is 5.91 Å². The predicted octanol–water partition coefficient (Wildman–Crippen LogP) is -1.59. The molecule has 5 N–H and O–H groups in total. The number of hydrogen-bond donors (Lipinski definition) is 4. The summed E-state index contributed by atoms with van der Waals surface area (Å²) in [6.45, 7) is 0.383. The summed E-state index contributed by atoms with van der Waals surface area (Å²) < 4.78 is 0. The second-order valence-electron chi connectivity index (χ2n) is 2.25. The molecule has 0 saturated heterocycles. The number of nitrogens with two attached hydrogens (primary N) is 1. The Morgan fingerprint density at radius 2 is 1.71 bits per heavy atom. The van der Waals surface area contributed by atoms with E-state index >= 15 is 0 Å². The first kappa shape index (κ1) is 11.9. The summed E-state index contributed by atoms with van der Waals surface area (Å²) >= 11 is 0. The Morgan fingerprint density at radius 3 is 2.21 bits per heavy atom. The number of amides is 3. The molecule has 0 aromatic carbocycles. The highest BCUT2D eigenvalue weighted by atomic mass is 16.4. The average Bonchev–Trinajstić information content (AvgIpc) is 2.08. The van der Waals surface area contributed by atoms with Crippen LogP contribution in [-0.4, -0.2) is 36.1 Å². The molecule has 0 aliphatic heterocycles. The number of carboxylic acids is 1.